The topological polar surface area (TPSA) is 23.5 Å². The Morgan fingerprint density at radius 2 is 2.00 bits per heavy atom. The van der Waals surface area contributed by atoms with Gasteiger partial charge >= 0.3 is 0 Å². The molecule has 1 N–H and O–H groups in total. The fourth-order valence-corrected chi connectivity index (χ4v) is 3.16. The number of benzene rings is 1. The zero-order valence-corrected chi connectivity index (χ0v) is 13.3. The molecular weight excluding hydrogens is 285 g/mol. The Hall–Kier alpha value is -1.23. The van der Waals surface area contributed by atoms with Crippen LogP contribution in [-0.2, 0) is 6.42 Å². The number of thiophene rings is 1. The van der Waals surface area contributed by atoms with Crippen molar-refractivity contribution in [2.45, 2.75) is 19.4 Å². The van der Waals surface area contributed by atoms with Crippen molar-refractivity contribution in [3.05, 3.63) is 58.0 Å². The van der Waals surface area contributed by atoms with Crippen LogP contribution in [0, 0.1) is 11.7 Å². The normalized spacial score (nSPS) is 14.3. The highest BCUT2D eigenvalue weighted by atomic mass is 32.1. The molecule has 2 nitrogen and oxygen atoms in total. The molecule has 0 saturated carbocycles. The van der Waals surface area contributed by atoms with Crippen molar-refractivity contribution >= 4 is 11.3 Å². The van der Waals surface area contributed by atoms with Gasteiger partial charge in [0.15, 0.2) is 0 Å². The van der Waals surface area contributed by atoms with E-state index in [-0.39, 0.29) is 11.7 Å². The monoisotopic (exact) mass is 307 g/mol. The van der Waals surface area contributed by atoms with Gasteiger partial charge in [-0.2, -0.15) is 0 Å². The van der Waals surface area contributed by atoms with Gasteiger partial charge in [0.05, 0.1) is 6.10 Å². The van der Waals surface area contributed by atoms with Crippen LogP contribution in [0.2, 0.25) is 0 Å². The van der Waals surface area contributed by atoms with Crippen LogP contribution in [0.4, 0.5) is 4.39 Å². The number of nitrogens with zero attached hydrogens (tertiary/aromatic N) is 1. The van der Waals surface area contributed by atoms with Crippen LogP contribution in [0.15, 0.2) is 41.8 Å². The first kappa shape index (κ1) is 16.1. The predicted octanol–water partition coefficient (Wildman–Crippen LogP) is 3.73. The van der Waals surface area contributed by atoms with Gasteiger partial charge in [0.25, 0.3) is 0 Å². The van der Waals surface area contributed by atoms with Crippen LogP contribution < -0.4 is 0 Å². The largest absolute Gasteiger partial charge is 0.388 e. The summed E-state index contributed by atoms with van der Waals surface area (Å²) in [5.41, 5.74) is 0.386. The van der Waals surface area contributed by atoms with Gasteiger partial charge in [-0.05, 0) is 36.9 Å². The Kier molecular flexibility index (Phi) is 5.91. The molecule has 0 fully saturated rings. The van der Waals surface area contributed by atoms with Crippen molar-refractivity contribution < 1.29 is 9.50 Å². The maximum absolute atomic E-state index is 13.7. The SMILES string of the molecule is CC(CN(C)CCc1cccs1)C(O)c1ccccc1F. The molecule has 0 aliphatic heterocycles. The van der Waals surface area contributed by atoms with Crippen LogP contribution in [0.5, 0.6) is 0 Å². The van der Waals surface area contributed by atoms with Crippen LogP contribution >= 0.6 is 11.3 Å². The molecular formula is C17H22FNOS. The second-order valence-corrected chi connectivity index (χ2v) is 6.57. The van der Waals surface area contributed by atoms with Gasteiger partial charge in [0.2, 0.25) is 0 Å². The molecule has 0 spiro atoms. The van der Waals surface area contributed by atoms with E-state index in [0.717, 1.165) is 19.5 Å². The van der Waals surface area contributed by atoms with E-state index in [1.54, 1.807) is 29.5 Å². The summed E-state index contributed by atoms with van der Waals surface area (Å²) in [6.07, 6.45) is 0.242. The summed E-state index contributed by atoms with van der Waals surface area (Å²) in [7, 11) is 2.04. The number of rotatable bonds is 7. The summed E-state index contributed by atoms with van der Waals surface area (Å²) in [4.78, 5) is 3.55. The molecule has 2 unspecified atom stereocenters. The fourth-order valence-electron chi connectivity index (χ4n) is 2.46. The third-order valence-corrected chi connectivity index (χ3v) is 4.62. The summed E-state index contributed by atoms with van der Waals surface area (Å²) >= 11 is 1.76. The van der Waals surface area contributed by atoms with Gasteiger partial charge < -0.3 is 10.0 Å². The van der Waals surface area contributed by atoms with E-state index >= 15 is 0 Å². The molecule has 0 saturated heterocycles. The summed E-state index contributed by atoms with van der Waals surface area (Å²) in [6, 6.07) is 10.6. The van der Waals surface area contributed by atoms with Crippen LogP contribution in [0.3, 0.4) is 0 Å². The lowest BCUT2D eigenvalue weighted by atomic mass is 9.96. The van der Waals surface area contributed by atoms with Crippen molar-refractivity contribution in [3.8, 4) is 0 Å². The quantitative estimate of drug-likeness (QED) is 0.842. The van der Waals surface area contributed by atoms with Crippen molar-refractivity contribution in [3.63, 3.8) is 0 Å². The molecule has 21 heavy (non-hydrogen) atoms. The molecule has 2 rings (SSSR count). The average molecular weight is 307 g/mol. The van der Waals surface area contributed by atoms with E-state index in [9.17, 15) is 9.50 Å². The number of hydrogen-bond donors (Lipinski definition) is 1. The second kappa shape index (κ2) is 7.69. The molecule has 2 atom stereocenters. The number of likely N-dealkylation sites (N-methyl/N-ethyl adjacent to an activating group) is 1. The minimum Gasteiger partial charge on any atom is -0.388 e. The number of aliphatic hydroxyl groups is 1. The van der Waals surface area contributed by atoms with Crippen LogP contribution in [0.1, 0.15) is 23.5 Å². The Labute approximate surface area is 129 Å². The third-order valence-electron chi connectivity index (χ3n) is 3.68. The molecule has 0 aliphatic carbocycles. The molecule has 0 radical (unpaired) electrons. The lowest BCUT2D eigenvalue weighted by molar-refractivity contribution is 0.0920. The van der Waals surface area contributed by atoms with Crippen LogP contribution in [-0.4, -0.2) is 30.1 Å². The highest BCUT2D eigenvalue weighted by Crippen LogP contribution is 2.24. The van der Waals surface area contributed by atoms with E-state index in [1.807, 2.05) is 14.0 Å². The fraction of sp³-hybridized carbons (Fsp3) is 0.412. The third kappa shape index (κ3) is 4.63. The predicted molar refractivity (Wildman–Crippen MR) is 86.0 cm³/mol. The van der Waals surface area contributed by atoms with E-state index in [1.165, 1.54) is 10.9 Å². The Bertz CT molecular complexity index is 543. The first-order chi connectivity index (χ1) is 10.1. The minimum absolute atomic E-state index is 0.0183. The Balaban J connectivity index is 1.85. The van der Waals surface area contributed by atoms with Gasteiger partial charge in [-0.15, -0.1) is 11.3 Å². The summed E-state index contributed by atoms with van der Waals surface area (Å²) in [5, 5.41) is 12.4. The van der Waals surface area contributed by atoms with Crippen molar-refractivity contribution in [1.29, 1.82) is 0 Å². The summed E-state index contributed by atoms with van der Waals surface area (Å²) in [6.45, 7) is 3.63. The Morgan fingerprint density at radius 3 is 2.67 bits per heavy atom. The smallest absolute Gasteiger partial charge is 0.129 e. The van der Waals surface area contributed by atoms with Gasteiger partial charge in [-0.3, -0.25) is 0 Å². The maximum atomic E-state index is 13.7. The number of halogens is 1. The minimum atomic E-state index is -0.768. The van der Waals surface area contributed by atoms with Gasteiger partial charge in [0.1, 0.15) is 5.82 Å². The first-order valence-electron chi connectivity index (χ1n) is 7.21. The van der Waals surface area contributed by atoms with Gasteiger partial charge in [-0.25, -0.2) is 4.39 Å². The summed E-state index contributed by atoms with van der Waals surface area (Å²) < 4.78 is 13.7. The maximum Gasteiger partial charge on any atom is 0.129 e. The van der Waals surface area contributed by atoms with Gasteiger partial charge in [-0.1, -0.05) is 31.2 Å². The molecule has 1 aromatic carbocycles. The molecule has 1 heterocycles. The van der Waals surface area contributed by atoms with Crippen molar-refractivity contribution in [1.82, 2.24) is 4.90 Å². The standard InChI is InChI=1S/C17H22FNOS/c1-13(17(20)15-7-3-4-8-16(15)18)12-19(2)10-9-14-6-5-11-21-14/h3-8,11,13,17,20H,9-10,12H2,1-2H3. The zero-order chi connectivity index (χ0) is 15.2. The summed E-state index contributed by atoms with van der Waals surface area (Å²) in [5.74, 6) is -0.353. The average Bonchev–Trinajstić information content (AvgIpc) is 2.98. The highest BCUT2D eigenvalue weighted by Gasteiger charge is 2.20. The lowest BCUT2D eigenvalue weighted by Gasteiger charge is -2.25. The number of hydrogen-bond acceptors (Lipinski definition) is 3. The van der Waals surface area contributed by atoms with E-state index < -0.39 is 6.10 Å². The Morgan fingerprint density at radius 1 is 1.24 bits per heavy atom. The second-order valence-electron chi connectivity index (χ2n) is 5.54. The molecule has 0 bridgehead atoms. The molecule has 0 amide bonds. The van der Waals surface area contributed by atoms with E-state index in [4.69, 9.17) is 0 Å². The number of aliphatic hydroxyl groups excluding tert-OH is 1. The highest BCUT2D eigenvalue weighted by molar-refractivity contribution is 7.09. The molecule has 0 aliphatic rings. The zero-order valence-electron chi connectivity index (χ0n) is 12.5. The van der Waals surface area contributed by atoms with E-state index in [2.05, 4.69) is 22.4 Å². The molecule has 114 valence electrons. The molecule has 2 aromatic rings. The van der Waals surface area contributed by atoms with Crippen LogP contribution in [0.25, 0.3) is 0 Å². The van der Waals surface area contributed by atoms with Crippen molar-refractivity contribution in [2.24, 2.45) is 5.92 Å². The molecule has 1 aromatic heterocycles. The lowest BCUT2D eigenvalue weighted by Crippen LogP contribution is -2.29. The van der Waals surface area contributed by atoms with Gasteiger partial charge in [0, 0.05) is 23.5 Å². The van der Waals surface area contributed by atoms with E-state index in [0.29, 0.717) is 5.56 Å². The van der Waals surface area contributed by atoms with Crippen molar-refractivity contribution in [2.75, 3.05) is 20.1 Å². The molecule has 4 heteroatoms. The first-order valence-corrected chi connectivity index (χ1v) is 8.09.